The van der Waals surface area contributed by atoms with Gasteiger partial charge in [-0.25, -0.2) is 0 Å². The smallest absolute Gasteiger partial charge is 0.270 e. The molecule has 1 aliphatic heterocycles. The molecule has 7 heteroatoms. The second-order valence-electron chi connectivity index (χ2n) is 4.36. The third-order valence-corrected chi connectivity index (χ3v) is 4.72. The quantitative estimate of drug-likeness (QED) is 0.566. The van der Waals surface area contributed by atoms with Crippen molar-refractivity contribution in [2.45, 2.75) is 0 Å². The number of thiocarbonyl (C=S) groups is 1. The van der Waals surface area contributed by atoms with Crippen LogP contribution in [-0.2, 0) is 4.79 Å². The lowest BCUT2D eigenvalue weighted by Gasteiger charge is -2.14. The fourth-order valence-electron chi connectivity index (χ4n) is 1.96. The first-order chi connectivity index (χ1) is 10.6. The van der Waals surface area contributed by atoms with E-state index in [9.17, 15) is 4.79 Å². The van der Waals surface area contributed by atoms with Crippen LogP contribution >= 0.6 is 39.9 Å². The summed E-state index contributed by atoms with van der Waals surface area (Å²) in [6, 6.07) is 10.7. The molecule has 4 nitrogen and oxygen atoms in total. The molecule has 2 heterocycles. The van der Waals surface area contributed by atoms with E-state index in [1.54, 1.807) is 49.6 Å². The van der Waals surface area contributed by atoms with Gasteiger partial charge >= 0.3 is 0 Å². The zero-order chi connectivity index (χ0) is 15.7. The van der Waals surface area contributed by atoms with Crippen molar-refractivity contribution in [2.75, 3.05) is 12.0 Å². The van der Waals surface area contributed by atoms with Gasteiger partial charge in [0.05, 0.1) is 17.7 Å². The minimum atomic E-state index is -0.160. The zero-order valence-electron chi connectivity index (χ0n) is 11.4. The first kappa shape index (κ1) is 15.3. The van der Waals surface area contributed by atoms with Gasteiger partial charge < -0.3 is 9.15 Å². The Balaban J connectivity index is 1.89. The highest BCUT2D eigenvalue weighted by atomic mass is 79.9. The molecule has 0 bridgehead atoms. The van der Waals surface area contributed by atoms with Gasteiger partial charge in [0, 0.05) is 6.08 Å². The Morgan fingerprint density at radius 2 is 2.00 bits per heavy atom. The van der Waals surface area contributed by atoms with Gasteiger partial charge in [-0.2, -0.15) is 0 Å². The summed E-state index contributed by atoms with van der Waals surface area (Å²) in [6.07, 6.45) is 1.69. The van der Waals surface area contributed by atoms with Crippen molar-refractivity contribution in [3.63, 3.8) is 0 Å². The van der Waals surface area contributed by atoms with Crippen molar-refractivity contribution in [1.29, 1.82) is 0 Å². The Kier molecular flexibility index (Phi) is 4.37. The van der Waals surface area contributed by atoms with E-state index in [2.05, 4.69) is 15.9 Å². The number of rotatable bonds is 3. The van der Waals surface area contributed by atoms with Crippen molar-refractivity contribution in [3.8, 4) is 5.75 Å². The highest BCUT2D eigenvalue weighted by Crippen LogP contribution is 2.36. The Hall–Kier alpha value is -1.57. The summed E-state index contributed by atoms with van der Waals surface area (Å²) in [4.78, 5) is 14.6. The number of carbonyl (C=O) groups excluding carboxylic acids is 1. The number of benzene rings is 1. The fraction of sp³-hybridized carbons (Fsp3) is 0.0667. The summed E-state index contributed by atoms with van der Waals surface area (Å²) in [5.74, 6) is 1.17. The Morgan fingerprint density at radius 3 is 2.59 bits per heavy atom. The SMILES string of the molecule is COc1ccc(N2C(=O)/C(=C/c3ccc(Br)o3)SC2=S)cc1. The number of anilines is 1. The van der Waals surface area contributed by atoms with E-state index in [0.717, 1.165) is 5.75 Å². The largest absolute Gasteiger partial charge is 0.497 e. The van der Waals surface area contributed by atoms with Crippen molar-refractivity contribution in [1.82, 2.24) is 0 Å². The third-order valence-electron chi connectivity index (χ3n) is 2.99. The first-order valence-corrected chi connectivity index (χ1v) is 8.27. The summed E-state index contributed by atoms with van der Waals surface area (Å²) in [5, 5.41) is 0. The number of carbonyl (C=O) groups is 1. The van der Waals surface area contributed by atoms with Crippen LogP contribution in [0, 0.1) is 0 Å². The number of amides is 1. The highest BCUT2D eigenvalue weighted by molar-refractivity contribution is 9.10. The molecule has 112 valence electrons. The molecule has 0 atom stereocenters. The predicted molar refractivity (Wildman–Crippen MR) is 95.1 cm³/mol. The Labute approximate surface area is 145 Å². The number of hydrogen-bond donors (Lipinski definition) is 0. The molecule has 1 aromatic carbocycles. The maximum absolute atomic E-state index is 12.5. The van der Waals surface area contributed by atoms with Gasteiger partial charge in [-0.3, -0.25) is 9.69 Å². The summed E-state index contributed by atoms with van der Waals surface area (Å²) < 4.78 is 11.6. The summed E-state index contributed by atoms with van der Waals surface area (Å²) in [6.45, 7) is 0. The van der Waals surface area contributed by atoms with Crippen molar-refractivity contribution in [3.05, 3.63) is 51.7 Å². The normalized spacial score (nSPS) is 16.6. The van der Waals surface area contributed by atoms with Gasteiger partial charge in [-0.1, -0.05) is 24.0 Å². The van der Waals surface area contributed by atoms with Crippen LogP contribution < -0.4 is 9.64 Å². The molecule has 22 heavy (non-hydrogen) atoms. The molecule has 1 fully saturated rings. The Bertz CT molecular complexity index is 767. The van der Waals surface area contributed by atoms with Gasteiger partial charge in [0.25, 0.3) is 5.91 Å². The zero-order valence-corrected chi connectivity index (χ0v) is 14.6. The monoisotopic (exact) mass is 395 g/mol. The molecule has 0 saturated carbocycles. The lowest BCUT2D eigenvalue weighted by atomic mass is 10.2. The molecule has 0 spiro atoms. The van der Waals surface area contributed by atoms with Crippen molar-refractivity contribution in [2.24, 2.45) is 0 Å². The molecular formula is C15H10BrNO3S2. The number of methoxy groups -OCH3 is 1. The molecule has 0 aliphatic carbocycles. The molecule has 0 N–H and O–H groups in total. The van der Waals surface area contributed by atoms with Crippen LogP contribution in [0.2, 0.25) is 0 Å². The molecule has 2 aromatic rings. The first-order valence-electron chi connectivity index (χ1n) is 6.26. The molecule has 1 saturated heterocycles. The lowest BCUT2D eigenvalue weighted by Crippen LogP contribution is -2.27. The highest BCUT2D eigenvalue weighted by Gasteiger charge is 2.33. The van der Waals surface area contributed by atoms with Gasteiger partial charge in [0.2, 0.25) is 0 Å². The summed E-state index contributed by atoms with van der Waals surface area (Å²) in [5.41, 5.74) is 0.715. The van der Waals surface area contributed by atoms with Gasteiger partial charge in [-0.15, -0.1) is 0 Å². The maximum atomic E-state index is 12.5. The number of hydrogen-bond acceptors (Lipinski definition) is 5. The number of thioether (sulfide) groups is 1. The number of halogens is 1. The predicted octanol–water partition coefficient (Wildman–Crippen LogP) is 4.46. The van der Waals surface area contributed by atoms with E-state index in [1.807, 2.05) is 0 Å². The third kappa shape index (κ3) is 2.97. The van der Waals surface area contributed by atoms with Crippen LogP contribution in [0.4, 0.5) is 5.69 Å². The topological polar surface area (TPSA) is 42.7 Å². The van der Waals surface area contributed by atoms with E-state index < -0.39 is 0 Å². The lowest BCUT2D eigenvalue weighted by molar-refractivity contribution is -0.113. The minimum absolute atomic E-state index is 0.160. The van der Waals surface area contributed by atoms with E-state index in [-0.39, 0.29) is 5.91 Å². The number of furan rings is 1. The van der Waals surface area contributed by atoms with E-state index in [0.29, 0.717) is 25.3 Å². The Morgan fingerprint density at radius 1 is 1.27 bits per heavy atom. The molecule has 0 unspecified atom stereocenters. The minimum Gasteiger partial charge on any atom is -0.497 e. The molecule has 1 aliphatic rings. The number of ether oxygens (including phenoxy) is 1. The molecule has 0 radical (unpaired) electrons. The molecule has 1 amide bonds. The van der Waals surface area contributed by atoms with Crippen LogP contribution in [0.3, 0.4) is 0 Å². The van der Waals surface area contributed by atoms with Gasteiger partial charge in [0.15, 0.2) is 8.99 Å². The number of nitrogens with zero attached hydrogens (tertiary/aromatic N) is 1. The summed E-state index contributed by atoms with van der Waals surface area (Å²) >= 11 is 9.80. The maximum Gasteiger partial charge on any atom is 0.270 e. The van der Waals surface area contributed by atoms with Gasteiger partial charge in [-0.05, 0) is 52.3 Å². The fourth-order valence-corrected chi connectivity index (χ4v) is 3.55. The van der Waals surface area contributed by atoms with Gasteiger partial charge in [0.1, 0.15) is 11.5 Å². The van der Waals surface area contributed by atoms with E-state index >= 15 is 0 Å². The van der Waals surface area contributed by atoms with Crippen LogP contribution in [0.25, 0.3) is 6.08 Å². The van der Waals surface area contributed by atoms with Crippen LogP contribution in [0.15, 0.2) is 50.4 Å². The second kappa shape index (κ2) is 6.28. The average molecular weight is 396 g/mol. The molecule has 3 rings (SSSR count). The average Bonchev–Trinajstić information content (AvgIpc) is 3.03. The summed E-state index contributed by atoms with van der Waals surface area (Å²) in [7, 11) is 1.60. The van der Waals surface area contributed by atoms with Crippen LogP contribution in [-0.4, -0.2) is 17.3 Å². The van der Waals surface area contributed by atoms with Crippen LogP contribution in [0.5, 0.6) is 5.75 Å². The van der Waals surface area contributed by atoms with Crippen LogP contribution in [0.1, 0.15) is 5.76 Å². The standard InChI is InChI=1S/C15H10BrNO3S2/c1-19-10-4-2-9(3-5-10)17-14(18)12(22-15(17)21)8-11-6-7-13(16)20-11/h2-8H,1H3/b12-8-. The van der Waals surface area contributed by atoms with Crippen molar-refractivity contribution < 1.29 is 13.9 Å². The van der Waals surface area contributed by atoms with Crippen molar-refractivity contribution >= 4 is 61.9 Å². The van der Waals surface area contributed by atoms with E-state index in [1.165, 1.54) is 16.7 Å². The molecular weight excluding hydrogens is 386 g/mol. The van der Waals surface area contributed by atoms with E-state index in [4.69, 9.17) is 21.4 Å². The second-order valence-corrected chi connectivity index (χ2v) is 6.81. The molecule has 1 aromatic heterocycles.